The molecule has 0 radical (unpaired) electrons. The van der Waals surface area contributed by atoms with Gasteiger partial charge in [0, 0.05) is 6.07 Å². The van der Waals surface area contributed by atoms with Crippen molar-refractivity contribution in [2.45, 2.75) is 46.8 Å². The van der Waals surface area contributed by atoms with E-state index < -0.39 is 0 Å². The van der Waals surface area contributed by atoms with E-state index in [0.29, 0.717) is 0 Å². The summed E-state index contributed by atoms with van der Waals surface area (Å²) >= 11 is 0. The lowest BCUT2D eigenvalue weighted by molar-refractivity contribution is 0.100. The van der Waals surface area contributed by atoms with Gasteiger partial charge in [0.15, 0.2) is 17.3 Å². The Bertz CT molecular complexity index is 477. The molecule has 0 saturated carbocycles. The van der Waals surface area contributed by atoms with Crippen LogP contribution in [0.1, 0.15) is 45.0 Å². The first kappa shape index (κ1) is 15.1. The highest BCUT2D eigenvalue weighted by molar-refractivity contribution is 6.01. The van der Waals surface area contributed by atoms with Gasteiger partial charge in [0.1, 0.15) is 11.3 Å². The van der Waals surface area contributed by atoms with E-state index in [1.54, 1.807) is 27.7 Å². The van der Waals surface area contributed by atoms with Crippen molar-refractivity contribution < 1.29 is 24.5 Å². The van der Waals surface area contributed by atoms with Gasteiger partial charge >= 0.3 is 0 Å². The fourth-order valence-corrected chi connectivity index (χ4v) is 1.65. The zero-order valence-electron chi connectivity index (χ0n) is 11.9. The maximum Gasteiger partial charge on any atom is 0.201 e. The molecule has 5 heteroatoms. The van der Waals surface area contributed by atoms with E-state index >= 15 is 0 Å². The smallest absolute Gasteiger partial charge is 0.201 e. The Hall–Kier alpha value is -1.91. The van der Waals surface area contributed by atoms with Gasteiger partial charge in [-0.05, 0) is 34.6 Å². The molecule has 0 saturated heterocycles. The molecule has 1 aromatic rings. The van der Waals surface area contributed by atoms with Crippen molar-refractivity contribution in [3.05, 3.63) is 11.6 Å². The molecule has 1 aromatic carbocycles. The van der Waals surface area contributed by atoms with Crippen LogP contribution in [0.15, 0.2) is 6.07 Å². The van der Waals surface area contributed by atoms with Crippen molar-refractivity contribution in [2.75, 3.05) is 0 Å². The van der Waals surface area contributed by atoms with Crippen molar-refractivity contribution >= 4 is 5.78 Å². The number of phenolic OH excluding ortho intramolecular Hbond substituents is 2. The van der Waals surface area contributed by atoms with E-state index in [0.717, 1.165) is 0 Å². The van der Waals surface area contributed by atoms with Gasteiger partial charge in [0.2, 0.25) is 5.75 Å². The average Bonchev–Trinajstić information content (AvgIpc) is 2.22. The number of rotatable bonds is 5. The van der Waals surface area contributed by atoms with Gasteiger partial charge in [-0.25, -0.2) is 0 Å². The number of carbonyl (C=O) groups excluding carboxylic acids is 1. The zero-order chi connectivity index (χ0) is 14.7. The first-order chi connectivity index (χ1) is 8.73. The maximum absolute atomic E-state index is 11.6. The molecular weight excluding hydrogens is 248 g/mol. The Morgan fingerprint density at radius 1 is 1.11 bits per heavy atom. The summed E-state index contributed by atoms with van der Waals surface area (Å²) in [5.74, 6) is -0.882. The standard InChI is InChI=1S/C14H20O5/c1-7(2)18-11-6-10(16)12(9(5)15)14(13(11)17)19-8(3)4/h6-8,16-17H,1-5H3. The second-order valence-electron chi connectivity index (χ2n) is 4.84. The lowest BCUT2D eigenvalue weighted by Crippen LogP contribution is -2.11. The summed E-state index contributed by atoms with van der Waals surface area (Å²) in [7, 11) is 0. The first-order valence-corrected chi connectivity index (χ1v) is 6.17. The minimum absolute atomic E-state index is 0.0395. The van der Waals surface area contributed by atoms with Crippen LogP contribution in [0.5, 0.6) is 23.0 Å². The molecule has 106 valence electrons. The molecule has 0 bridgehead atoms. The Kier molecular flexibility index (Phi) is 4.64. The summed E-state index contributed by atoms with van der Waals surface area (Å²) in [4.78, 5) is 11.6. The Morgan fingerprint density at radius 3 is 2.05 bits per heavy atom. The van der Waals surface area contributed by atoms with Crippen LogP contribution < -0.4 is 9.47 Å². The Morgan fingerprint density at radius 2 is 1.63 bits per heavy atom. The zero-order valence-corrected chi connectivity index (χ0v) is 11.9. The van der Waals surface area contributed by atoms with Crippen molar-refractivity contribution in [1.82, 2.24) is 0 Å². The van der Waals surface area contributed by atoms with Crippen LogP contribution >= 0.6 is 0 Å². The minimum Gasteiger partial charge on any atom is -0.507 e. The Labute approximate surface area is 112 Å². The van der Waals surface area contributed by atoms with Gasteiger partial charge in [-0.2, -0.15) is 0 Å². The molecule has 0 aromatic heterocycles. The maximum atomic E-state index is 11.6. The predicted molar refractivity (Wildman–Crippen MR) is 71.3 cm³/mol. The third kappa shape index (κ3) is 3.53. The van der Waals surface area contributed by atoms with Crippen LogP contribution in [0, 0.1) is 0 Å². The Balaban J connectivity index is 3.43. The molecule has 0 aliphatic rings. The van der Waals surface area contributed by atoms with Crippen LogP contribution in [0.2, 0.25) is 0 Å². The number of phenols is 2. The van der Waals surface area contributed by atoms with Crippen LogP contribution in [0.3, 0.4) is 0 Å². The van der Waals surface area contributed by atoms with Gasteiger partial charge in [-0.1, -0.05) is 0 Å². The van der Waals surface area contributed by atoms with Gasteiger partial charge in [0.05, 0.1) is 12.2 Å². The van der Waals surface area contributed by atoms with E-state index in [9.17, 15) is 15.0 Å². The van der Waals surface area contributed by atoms with Crippen LogP contribution in [-0.4, -0.2) is 28.2 Å². The summed E-state index contributed by atoms with van der Waals surface area (Å²) in [5.41, 5.74) is -0.0395. The van der Waals surface area contributed by atoms with Crippen LogP contribution in [0.4, 0.5) is 0 Å². The molecule has 1 rings (SSSR count). The van der Waals surface area contributed by atoms with Crippen molar-refractivity contribution in [1.29, 1.82) is 0 Å². The van der Waals surface area contributed by atoms with Crippen molar-refractivity contribution in [3.8, 4) is 23.0 Å². The molecule has 0 atom stereocenters. The van der Waals surface area contributed by atoms with Gasteiger partial charge in [0.25, 0.3) is 0 Å². The highest BCUT2D eigenvalue weighted by Crippen LogP contribution is 2.45. The highest BCUT2D eigenvalue weighted by atomic mass is 16.5. The lowest BCUT2D eigenvalue weighted by atomic mass is 10.1. The number of ketones is 1. The van der Waals surface area contributed by atoms with E-state index in [4.69, 9.17) is 9.47 Å². The summed E-state index contributed by atoms with van der Waals surface area (Å²) < 4.78 is 10.8. The molecule has 0 spiro atoms. The number of Topliss-reactive ketones (excluding diaryl/α,β-unsaturated/α-hetero) is 1. The SMILES string of the molecule is CC(=O)c1c(O)cc(OC(C)C)c(O)c1OC(C)C. The predicted octanol–water partition coefficient (Wildman–Crippen LogP) is 2.87. The molecule has 0 aliphatic carbocycles. The normalized spacial score (nSPS) is 10.9. The number of ether oxygens (including phenoxy) is 2. The second-order valence-corrected chi connectivity index (χ2v) is 4.84. The molecule has 19 heavy (non-hydrogen) atoms. The number of benzene rings is 1. The first-order valence-electron chi connectivity index (χ1n) is 6.17. The van der Waals surface area contributed by atoms with Gasteiger partial charge in [-0.15, -0.1) is 0 Å². The molecule has 0 heterocycles. The molecule has 0 aliphatic heterocycles. The summed E-state index contributed by atoms with van der Waals surface area (Å²) in [6, 6.07) is 1.22. The van der Waals surface area contributed by atoms with Gasteiger partial charge in [-0.3, -0.25) is 4.79 Å². The fraction of sp³-hybridized carbons (Fsp3) is 0.500. The monoisotopic (exact) mass is 268 g/mol. The number of hydrogen-bond acceptors (Lipinski definition) is 5. The molecule has 5 nitrogen and oxygen atoms in total. The second kappa shape index (κ2) is 5.82. The van der Waals surface area contributed by atoms with E-state index in [2.05, 4.69) is 0 Å². The summed E-state index contributed by atoms with van der Waals surface area (Å²) in [5, 5.41) is 20.0. The molecule has 0 unspecified atom stereocenters. The van der Waals surface area contributed by atoms with E-state index in [1.165, 1.54) is 13.0 Å². The van der Waals surface area contributed by atoms with Gasteiger partial charge < -0.3 is 19.7 Å². The third-order valence-electron chi connectivity index (χ3n) is 2.27. The quantitative estimate of drug-likeness (QED) is 0.634. The summed E-state index contributed by atoms with van der Waals surface area (Å²) in [6.07, 6.45) is -0.432. The topological polar surface area (TPSA) is 76.0 Å². The largest absolute Gasteiger partial charge is 0.507 e. The molecule has 0 amide bonds. The van der Waals surface area contributed by atoms with Crippen molar-refractivity contribution in [2.24, 2.45) is 0 Å². The number of aromatic hydroxyl groups is 2. The van der Waals surface area contributed by atoms with E-state index in [1.807, 2.05) is 0 Å². The lowest BCUT2D eigenvalue weighted by Gasteiger charge is -2.19. The fourth-order valence-electron chi connectivity index (χ4n) is 1.65. The number of hydrogen-bond donors (Lipinski definition) is 2. The van der Waals surface area contributed by atoms with Crippen molar-refractivity contribution in [3.63, 3.8) is 0 Å². The molecular formula is C14H20O5. The number of carbonyl (C=O) groups is 1. The average molecular weight is 268 g/mol. The van der Waals surface area contributed by atoms with Crippen LogP contribution in [-0.2, 0) is 0 Å². The van der Waals surface area contributed by atoms with Crippen LogP contribution in [0.25, 0.3) is 0 Å². The van der Waals surface area contributed by atoms with E-state index in [-0.39, 0.29) is 46.6 Å². The third-order valence-corrected chi connectivity index (χ3v) is 2.27. The molecule has 2 N–H and O–H groups in total. The minimum atomic E-state index is -0.389. The molecule has 0 fully saturated rings. The highest BCUT2D eigenvalue weighted by Gasteiger charge is 2.24. The summed E-state index contributed by atoms with van der Waals surface area (Å²) in [6.45, 7) is 8.40.